The van der Waals surface area contributed by atoms with Crippen molar-refractivity contribution in [2.45, 2.75) is 228 Å². The van der Waals surface area contributed by atoms with Crippen LogP contribution in [0.4, 0.5) is 0 Å². The molecule has 1 aliphatic carbocycles. The second-order valence-corrected chi connectivity index (χ2v) is 15.9. The van der Waals surface area contributed by atoms with Crippen LogP contribution in [-0.4, -0.2) is 0 Å². The highest BCUT2D eigenvalue weighted by Gasteiger charge is 2.36. The molecule has 0 N–H and O–H groups in total. The van der Waals surface area contributed by atoms with Gasteiger partial charge in [0.1, 0.15) is 0 Å². The summed E-state index contributed by atoms with van der Waals surface area (Å²) in [5.74, 6) is 6.88. The second-order valence-electron chi connectivity index (χ2n) is 15.9. The zero-order valence-corrected chi connectivity index (χ0v) is 30.8. The van der Waals surface area contributed by atoms with Crippen LogP contribution < -0.4 is 0 Å². The molecule has 1 saturated carbocycles. The Kier molecular flexibility index (Phi) is 26.0. The maximum absolute atomic E-state index is 2.54. The Balaban J connectivity index is 1.78. The summed E-state index contributed by atoms with van der Waals surface area (Å²) < 4.78 is 0. The molecule has 1 fully saturated rings. The average molecular weight is 589 g/mol. The summed E-state index contributed by atoms with van der Waals surface area (Å²) >= 11 is 0. The first-order valence-corrected chi connectivity index (χ1v) is 20.4. The van der Waals surface area contributed by atoms with Crippen molar-refractivity contribution in [3.8, 4) is 0 Å². The third-order valence-electron chi connectivity index (χ3n) is 12.0. The van der Waals surface area contributed by atoms with Gasteiger partial charge in [0.25, 0.3) is 0 Å². The first kappa shape index (κ1) is 40.0. The minimum Gasteiger partial charge on any atom is -0.0654 e. The van der Waals surface area contributed by atoms with Crippen molar-refractivity contribution in [2.24, 2.45) is 41.4 Å². The molecule has 1 aliphatic rings. The van der Waals surface area contributed by atoms with Gasteiger partial charge in [-0.05, 0) is 60.7 Å². The summed E-state index contributed by atoms with van der Waals surface area (Å²) in [4.78, 5) is 0. The van der Waals surface area contributed by atoms with Crippen LogP contribution in [0.5, 0.6) is 0 Å². The number of unbranched alkanes of at least 4 members (excludes halogenated alkanes) is 16. The molecule has 7 unspecified atom stereocenters. The van der Waals surface area contributed by atoms with Gasteiger partial charge in [-0.25, -0.2) is 0 Å². The maximum atomic E-state index is 2.54. The van der Waals surface area contributed by atoms with E-state index >= 15 is 0 Å². The molecule has 0 aliphatic heterocycles. The minimum atomic E-state index is 0.942. The van der Waals surface area contributed by atoms with Gasteiger partial charge in [0.2, 0.25) is 0 Å². The van der Waals surface area contributed by atoms with E-state index in [9.17, 15) is 0 Å². The van der Waals surface area contributed by atoms with Crippen molar-refractivity contribution in [3.63, 3.8) is 0 Å². The fourth-order valence-corrected chi connectivity index (χ4v) is 8.75. The Bertz CT molecular complexity index is 550. The quantitative estimate of drug-likeness (QED) is 0.0732. The molecule has 0 heterocycles. The fourth-order valence-electron chi connectivity index (χ4n) is 8.75. The molecule has 0 bridgehead atoms. The van der Waals surface area contributed by atoms with Gasteiger partial charge >= 0.3 is 0 Å². The molecule has 7 atom stereocenters. The van der Waals surface area contributed by atoms with E-state index in [-0.39, 0.29) is 0 Å². The molecular formula is C42H84. The second kappa shape index (κ2) is 27.3. The molecule has 0 amide bonds. The lowest BCUT2D eigenvalue weighted by Crippen LogP contribution is -2.13. The predicted octanol–water partition coefficient (Wildman–Crippen LogP) is 15.4. The van der Waals surface area contributed by atoms with E-state index in [1.54, 1.807) is 0 Å². The molecule has 252 valence electrons. The standard InChI is InChI=1S/C42H84/c1-8-29-40(9-2)34-37(5)32-27-24-26-31-36(4)30-25-22-20-18-16-14-12-11-13-15-17-19-21-23-28-33-42-39(7)38(6)35-41(42)10-3/h36-42H,8-35H2,1-7H3. The summed E-state index contributed by atoms with van der Waals surface area (Å²) in [5.41, 5.74) is 0. The van der Waals surface area contributed by atoms with Crippen LogP contribution in [0.15, 0.2) is 0 Å². The summed E-state index contributed by atoms with van der Waals surface area (Å²) in [5, 5.41) is 0. The Morgan fingerprint density at radius 1 is 0.524 bits per heavy atom. The van der Waals surface area contributed by atoms with Crippen LogP contribution in [-0.2, 0) is 0 Å². The summed E-state index contributed by atoms with van der Waals surface area (Å²) in [7, 11) is 0. The van der Waals surface area contributed by atoms with E-state index in [4.69, 9.17) is 0 Å². The van der Waals surface area contributed by atoms with Gasteiger partial charge in [0.15, 0.2) is 0 Å². The van der Waals surface area contributed by atoms with Crippen LogP contribution >= 0.6 is 0 Å². The smallest absolute Gasteiger partial charge is 0.0358 e. The zero-order valence-electron chi connectivity index (χ0n) is 30.8. The lowest BCUT2D eigenvalue weighted by Gasteiger charge is -2.22. The van der Waals surface area contributed by atoms with E-state index in [1.165, 1.54) is 180 Å². The highest BCUT2D eigenvalue weighted by atomic mass is 14.4. The molecule has 0 saturated heterocycles. The van der Waals surface area contributed by atoms with Gasteiger partial charge in [-0.2, -0.15) is 0 Å². The number of hydrogen-bond donors (Lipinski definition) is 0. The van der Waals surface area contributed by atoms with Gasteiger partial charge in [-0.1, -0.05) is 209 Å². The highest BCUT2D eigenvalue weighted by Crippen LogP contribution is 2.45. The van der Waals surface area contributed by atoms with Crippen LogP contribution in [0.3, 0.4) is 0 Å². The number of rotatable bonds is 30. The topological polar surface area (TPSA) is 0 Å². The van der Waals surface area contributed by atoms with E-state index in [1.807, 2.05) is 0 Å². The molecule has 0 radical (unpaired) electrons. The molecule has 0 aromatic carbocycles. The van der Waals surface area contributed by atoms with Gasteiger partial charge in [-0.3, -0.25) is 0 Å². The molecule has 1 rings (SSSR count). The van der Waals surface area contributed by atoms with E-state index in [0.29, 0.717) is 0 Å². The monoisotopic (exact) mass is 589 g/mol. The van der Waals surface area contributed by atoms with Gasteiger partial charge in [0.05, 0.1) is 0 Å². The minimum absolute atomic E-state index is 0.942. The first-order chi connectivity index (χ1) is 20.4. The highest BCUT2D eigenvalue weighted by molar-refractivity contribution is 4.86. The molecule has 0 nitrogen and oxygen atoms in total. The Labute approximate surface area is 269 Å². The molecule has 0 spiro atoms. The Morgan fingerprint density at radius 3 is 1.40 bits per heavy atom. The normalized spacial score (nSPS) is 22.9. The van der Waals surface area contributed by atoms with Gasteiger partial charge in [0, 0.05) is 0 Å². The third-order valence-corrected chi connectivity index (χ3v) is 12.0. The van der Waals surface area contributed by atoms with E-state index < -0.39 is 0 Å². The molecule has 0 heteroatoms. The van der Waals surface area contributed by atoms with Crippen molar-refractivity contribution in [3.05, 3.63) is 0 Å². The molecular weight excluding hydrogens is 504 g/mol. The van der Waals surface area contributed by atoms with Crippen LogP contribution in [0.2, 0.25) is 0 Å². The Hall–Kier alpha value is 0. The number of hydrogen-bond acceptors (Lipinski definition) is 0. The zero-order chi connectivity index (χ0) is 30.8. The average Bonchev–Trinajstić information content (AvgIpc) is 3.26. The molecule has 0 aromatic heterocycles. The summed E-state index contributed by atoms with van der Waals surface area (Å²) in [6, 6.07) is 0. The molecule has 42 heavy (non-hydrogen) atoms. The van der Waals surface area contributed by atoms with Crippen molar-refractivity contribution < 1.29 is 0 Å². The lowest BCUT2D eigenvalue weighted by atomic mass is 9.83. The fraction of sp³-hybridized carbons (Fsp3) is 1.00. The predicted molar refractivity (Wildman–Crippen MR) is 193 cm³/mol. The maximum Gasteiger partial charge on any atom is -0.0358 e. The van der Waals surface area contributed by atoms with Crippen LogP contribution in [0.1, 0.15) is 228 Å². The first-order valence-electron chi connectivity index (χ1n) is 20.4. The summed E-state index contributed by atoms with van der Waals surface area (Å²) in [6.45, 7) is 17.2. The Morgan fingerprint density at radius 2 is 0.952 bits per heavy atom. The van der Waals surface area contributed by atoms with E-state index in [0.717, 1.165) is 41.4 Å². The van der Waals surface area contributed by atoms with Crippen LogP contribution in [0.25, 0.3) is 0 Å². The van der Waals surface area contributed by atoms with Gasteiger partial charge < -0.3 is 0 Å². The van der Waals surface area contributed by atoms with Crippen LogP contribution in [0, 0.1) is 41.4 Å². The third kappa shape index (κ3) is 20.1. The van der Waals surface area contributed by atoms with Crippen molar-refractivity contribution >= 4 is 0 Å². The van der Waals surface area contributed by atoms with Crippen molar-refractivity contribution in [2.75, 3.05) is 0 Å². The van der Waals surface area contributed by atoms with Gasteiger partial charge in [-0.15, -0.1) is 0 Å². The largest absolute Gasteiger partial charge is 0.0654 e. The van der Waals surface area contributed by atoms with E-state index in [2.05, 4.69) is 48.5 Å². The lowest BCUT2D eigenvalue weighted by molar-refractivity contribution is 0.277. The summed E-state index contributed by atoms with van der Waals surface area (Å²) in [6.07, 6.45) is 41.2. The molecule has 0 aromatic rings. The van der Waals surface area contributed by atoms with Crippen molar-refractivity contribution in [1.82, 2.24) is 0 Å². The van der Waals surface area contributed by atoms with Crippen molar-refractivity contribution in [1.29, 1.82) is 0 Å². The SMILES string of the molecule is CCCC(CC)CC(C)CCCCCC(C)CCCCCCCCCCCCCCCCCC1C(CC)CC(C)C1C.